The Hall–Kier alpha value is -4.22. The SMILES string of the molecule is CC1OC(O[C@H]2/C=C/C=C/C=C/C=C/C=C/C=C/C=C/C(C)[C@@H](O)C(C)C(C)OC(=O)C[C@H](O)C[C@H](O)CC[C@@H](O)[C@H](O)C[C@H](O)C[C@]3(O)CC(O)[C@@H](C(=O)N[C@H](C)c4ccccc4)C(C2)O3)C(O)C(N)C1O. The van der Waals surface area contributed by atoms with Gasteiger partial charge in [0.05, 0.1) is 91.6 Å². The molecule has 3 aliphatic heterocycles. The summed E-state index contributed by atoms with van der Waals surface area (Å²) in [6.07, 6.45) is 4.62. The predicted molar refractivity (Wildman–Crippen MR) is 272 cm³/mol. The number of cyclic esters (lactones) is 1. The molecule has 3 aliphatic rings. The van der Waals surface area contributed by atoms with Gasteiger partial charge in [-0.2, -0.15) is 0 Å². The van der Waals surface area contributed by atoms with Gasteiger partial charge in [0.1, 0.15) is 12.2 Å². The van der Waals surface area contributed by atoms with Crippen molar-refractivity contribution >= 4 is 11.9 Å². The van der Waals surface area contributed by atoms with Crippen molar-refractivity contribution in [1.82, 2.24) is 5.32 Å². The van der Waals surface area contributed by atoms with E-state index in [4.69, 9.17) is 24.7 Å². The zero-order valence-electron chi connectivity index (χ0n) is 42.6. The molecule has 1 amide bonds. The van der Waals surface area contributed by atoms with E-state index in [1.165, 1.54) is 0 Å². The van der Waals surface area contributed by atoms with E-state index in [2.05, 4.69) is 5.32 Å². The van der Waals surface area contributed by atoms with E-state index in [1.807, 2.05) is 79.8 Å². The van der Waals surface area contributed by atoms with Crippen molar-refractivity contribution in [2.45, 2.75) is 189 Å². The smallest absolute Gasteiger partial charge is 0.308 e. The number of fused-ring (bicyclic) bond motifs is 2. The monoisotopic (exact) mass is 1030 g/mol. The van der Waals surface area contributed by atoms with Gasteiger partial charge in [-0.05, 0) is 45.6 Å². The van der Waals surface area contributed by atoms with Crippen LogP contribution in [0.4, 0.5) is 0 Å². The Morgan fingerprint density at radius 1 is 0.685 bits per heavy atom. The number of benzene rings is 1. The number of nitrogens with two attached hydrogens (primary N) is 1. The molecule has 0 radical (unpaired) electrons. The fourth-order valence-corrected chi connectivity index (χ4v) is 9.12. The maximum atomic E-state index is 14.2. The third-order valence-electron chi connectivity index (χ3n) is 13.7. The highest BCUT2D eigenvalue weighted by Crippen LogP contribution is 2.38. The van der Waals surface area contributed by atoms with Crippen LogP contribution in [0.3, 0.4) is 0 Å². The lowest BCUT2D eigenvalue weighted by atomic mass is 9.82. The highest BCUT2D eigenvalue weighted by atomic mass is 16.7. The van der Waals surface area contributed by atoms with E-state index in [0.717, 1.165) is 5.56 Å². The summed E-state index contributed by atoms with van der Waals surface area (Å²) < 4.78 is 23.9. The summed E-state index contributed by atoms with van der Waals surface area (Å²) in [5.41, 5.74) is 6.92. The Morgan fingerprint density at radius 3 is 1.89 bits per heavy atom. The largest absolute Gasteiger partial charge is 0.462 e. The zero-order valence-corrected chi connectivity index (χ0v) is 42.6. The number of aliphatic hydroxyl groups is 10. The fourth-order valence-electron chi connectivity index (χ4n) is 9.12. The van der Waals surface area contributed by atoms with E-state index in [1.54, 1.807) is 70.2 Å². The quantitative estimate of drug-likeness (QED) is 0.189. The Balaban J connectivity index is 1.62. The van der Waals surface area contributed by atoms with Gasteiger partial charge < -0.3 is 81.1 Å². The van der Waals surface area contributed by atoms with E-state index in [0.29, 0.717) is 0 Å². The van der Waals surface area contributed by atoms with Gasteiger partial charge in [-0.25, -0.2) is 0 Å². The van der Waals surface area contributed by atoms with Gasteiger partial charge in [0.25, 0.3) is 0 Å². The number of nitrogens with one attached hydrogen (secondary N) is 1. The number of aliphatic hydroxyl groups excluding tert-OH is 9. The summed E-state index contributed by atoms with van der Waals surface area (Å²) in [5.74, 6) is -5.67. The van der Waals surface area contributed by atoms with Crippen molar-refractivity contribution in [2.24, 2.45) is 23.5 Å². The van der Waals surface area contributed by atoms with Crippen LogP contribution in [-0.2, 0) is 28.5 Å². The van der Waals surface area contributed by atoms with Gasteiger partial charge in [0.15, 0.2) is 12.1 Å². The Labute approximate surface area is 429 Å². The van der Waals surface area contributed by atoms with Crippen LogP contribution in [0.5, 0.6) is 0 Å². The van der Waals surface area contributed by atoms with E-state index >= 15 is 0 Å². The molecule has 0 spiro atoms. The Kier molecular flexibility index (Phi) is 25.5. The molecule has 2 saturated heterocycles. The molecule has 408 valence electrons. The van der Waals surface area contributed by atoms with E-state index in [9.17, 15) is 60.7 Å². The van der Waals surface area contributed by atoms with Crippen LogP contribution in [-0.4, -0.2) is 160 Å². The van der Waals surface area contributed by atoms with Crippen LogP contribution in [0.15, 0.2) is 115 Å². The molecule has 0 aromatic heterocycles. The zero-order chi connectivity index (χ0) is 53.8. The molecule has 20 atom stereocenters. The lowest BCUT2D eigenvalue weighted by Gasteiger charge is -2.46. The van der Waals surface area contributed by atoms with Gasteiger partial charge in [0, 0.05) is 37.5 Å². The van der Waals surface area contributed by atoms with Crippen molar-refractivity contribution in [1.29, 1.82) is 0 Å². The third-order valence-corrected chi connectivity index (χ3v) is 13.7. The average molecular weight is 1030 g/mol. The Bertz CT molecular complexity index is 2030. The molecule has 13 N–H and O–H groups in total. The predicted octanol–water partition coefficient (Wildman–Crippen LogP) is 2.50. The molecular formula is C55H82N2O16. The summed E-state index contributed by atoms with van der Waals surface area (Å²) >= 11 is 0. The molecule has 0 aliphatic carbocycles. The van der Waals surface area contributed by atoms with Gasteiger partial charge in [-0.15, -0.1) is 0 Å². The lowest BCUT2D eigenvalue weighted by Crippen LogP contribution is -2.62. The van der Waals surface area contributed by atoms with Crippen LogP contribution >= 0.6 is 0 Å². The van der Waals surface area contributed by atoms with Gasteiger partial charge in [-0.1, -0.05) is 129 Å². The van der Waals surface area contributed by atoms with E-state index in [-0.39, 0.29) is 31.6 Å². The average Bonchev–Trinajstić information content (AvgIpc) is 3.32. The molecule has 1 aromatic carbocycles. The maximum absolute atomic E-state index is 14.2. The van der Waals surface area contributed by atoms with Crippen molar-refractivity contribution in [3.05, 3.63) is 121 Å². The van der Waals surface area contributed by atoms with Crippen molar-refractivity contribution in [2.75, 3.05) is 0 Å². The first kappa shape index (κ1) is 61.3. The number of rotatable bonds is 5. The second kappa shape index (κ2) is 30.4. The molecule has 73 heavy (non-hydrogen) atoms. The Morgan fingerprint density at radius 2 is 1.27 bits per heavy atom. The first-order valence-corrected chi connectivity index (χ1v) is 25.4. The summed E-state index contributed by atoms with van der Waals surface area (Å²) in [7, 11) is 0. The topological polar surface area (TPSA) is 311 Å². The first-order valence-electron chi connectivity index (χ1n) is 25.4. The van der Waals surface area contributed by atoms with Crippen molar-refractivity contribution < 1.29 is 79.6 Å². The van der Waals surface area contributed by atoms with Crippen molar-refractivity contribution in [3.63, 3.8) is 0 Å². The van der Waals surface area contributed by atoms with Gasteiger partial charge in [0.2, 0.25) is 5.91 Å². The molecule has 2 fully saturated rings. The van der Waals surface area contributed by atoms with Crippen LogP contribution in [0.2, 0.25) is 0 Å². The molecule has 4 rings (SSSR count). The molecule has 18 nitrogen and oxygen atoms in total. The molecular weight excluding hydrogens is 945 g/mol. The minimum atomic E-state index is -2.29. The molecule has 0 saturated carbocycles. The van der Waals surface area contributed by atoms with E-state index < -0.39 is 153 Å². The highest BCUT2D eigenvalue weighted by Gasteiger charge is 2.51. The number of carbonyl (C=O) groups is 2. The van der Waals surface area contributed by atoms with Gasteiger partial charge in [-0.3, -0.25) is 9.59 Å². The second-order valence-corrected chi connectivity index (χ2v) is 19.9. The van der Waals surface area contributed by atoms with Crippen LogP contribution < -0.4 is 11.1 Å². The number of allylic oxidation sites excluding steroid dienone is 12. The second-order valence-electron chi connectivity index (χ2n) is 19.9. The summed E-state index contributed by atoms with van der Waals surface area (Å²) in [6.45, 7) is 8.57. The number of carbonyl (C=O) groups excluding carboxylic acids is 2. The van der Waals surface area contributed by atoms with Crippen molar-refractivity contribution in [3.8, 4) is 0 Å². The standard InChI is InChI=1S/C55H82N2O16/c1-33-21-17-14-12-10-8-6-7-9-11-13-15-20-24-42(72-54-52(67)49(56)51(66)37(5)71-54)30-46-48(53(68)57-35(3)38-22-18-16-19-23-38)45(63)32-55(69,73-46)31-41(60)28-44(62)43(61)26-25-39(58)27-40(59)29-47(64)70-36(4)34(2)50(33)65/h6-24,33-37,39-46,48-52,54,58-63,65-67,69H,25-32,56H2,1-5H3,(H,57,68)/b7-6+,10-8+,11-9+,14-12+,15-13+,21-17+,24-20+/t33?,34?,35-,36?,37?,39-,40-,41+,42+,43-,44-,45?,46?,48-,49?,50-,51?,52?,54?,55-/m1/s1. The fraction of sp³-hybridized carbons (Fsp3) is 0.600. The first-order chi connectivity index (χ1) is 34.6. The van der Waals surface area contributed by atoms with Crippen LogP contribution in [0.1, 0.15) is 97.6 Å². The molecule has 18 heteroatoms. The number of hydrogen-bond donors (Lipinski definition) is 12. The molecule has 2 bridgehead atoms. The highest BCUT2D eigenvalue weighted by molar-refractivity contribution is 5.80. The van der Waals surface area contributed by atoms with Crippen LogP contribution in [0.25, 0.3) is 0 Å². The molecule has 3 heterocycles. The molecule has 1 aromatic rings. The minimum Gasteiger partial charge on any atom is -0.462 e. The summed E-state index contributed by atoms with van der Waals surface area (Å²) in [5, 5.41) is 113. The number of esters is 1. The lowest BCUT2D eigenvalue weighted by molar-refractivity contribution is -0.307. The number of amides is 1. The third kappa shape index (κ3) is 20.1. The molecule has 10 unspecified atom stereocenters. The number of ether oxygens (including phenoxy) is 4. The van der Waals surface area contributed by atoms with Crippen LogP contribution in [0, 0.1) is 17.8 Å². The maximum Gasteiger partial charge on any atom is 0.308 e. The number of hydrogen-bond acceptors (Lipinski definition) is 17. The normalized spacial score (nSPS) is 42.2. The minimum absolute atomic E-state index is 0.0974. The summed E-state index contributed by atoms with van der Waals surface area (Å²) in [4.78, 5) is 26.9. The summed E-state index contributed by atoms with van der Waals surface area (Å²) in [6, 6.07) is 7.47. The van der Waals surface area contributed by atoms with Gasteiger partial charge >= 0.3 is 5.97 Å².